The average Bonchev–Trinajstić information content (AvgIpc) is 2.57. The van der Waals surface area contributed by atoms with E-state index < -0.39 is 0 Å². The molecular formula is C19H23NO. The second-order valence-electron chi connectivity index (χ2n) is 5.67. The molecule has 1 fully saturated rings. The number of ether oxygens (including phenoxy) is 1. The van der Waals surface area contributed by atoms with Crippen LogP contribution in [0.25, 0.3) is 0 Å². The van der Waals surface area contributed by atoms with Gasteiger partial charge in [-0.15, -0.1) is 0 Å². The van der Waals surface area contributed by atoms with Crippen LogP contribution in [-0.2, 0) is 11.2 Å². The van der Waals surface area contributed by atoms with Gasteiger partial charge in [-0.3, -0.25) is 0 Å². The van der Waals surface area contributed by atoms with Crippen LogP contribution in [0, 0.1) is 0 Å². The molecule has 2 nitrogen and oxygen atoms in total. The molecule has 1 atom stereocenters. The monoisotopic (exact) mass is 281 g/mol. The molecule has 110 valence electrons. The lowest BCUT2D eigenvalue weighted by Gasteiger charge is -2.28. The highest BCUT2D eigenvalue weighted by Gasteiger charge is 2.20. The van der Waals surface area contributed by atoms with Crippen LogP contribution in [-0.4, -0.2) is 19.2 Å². The number of benzene rings is 2. The second kappa shape index (κ2) is 7.39. The third-order valence-corrected chi connectivity index (χ3v) is 4.08. The summed E-state index contributed by atoms with van der Waals surface area (Å²) >= 11 is 0. The zero-order valence-corrected chi connectivity index (χ0v) is 12.4. The number of rotatable bonds is 5. The van der Waals surface area contributed by atoms with Gasteiger partial charge in [-0.2, -0.15) is 0 Å². The fraction of sp³-hybridized carbons (Fsp3) is 0.368. The Morgan fingerprint density at radius 2 is 1.52 bits per heavy atom. The number of nitrogens with one attached hydrogen (secondary N) is 1. The first kappa shape index (κ1) is 14.3. The summed E-state index contributed by atoms with van der Waals surface area (Å²) < 4.78 is 6.44. The second-order valence-corrected chi connectivity index (χ2v) is 5.67. The van der Waals surface area contributed by atoms with Crippen LogP contribution in [0.3, 0.4) is 0 Å². The van der Waals surface area contributed by atoms with Crippen molar-refractivity contribution in [3.05, 3.63) is 71.8 Å². The highest BCUT2D eigenvalue weighted by atomic mass is 16.5. The Kier molecular flexibility index (Phi) is 5.03. The molecule has 0 spiro atoms. The largest absolute Gasteiger partial charge is 0.370 e. The minimum atomic E-state index is 0.150. The van der Waals surface area contributed by atoms with Crippen molar-refractivity contribution in [3.63, 3.8) is 0 Å². The van der Waals surface area contributed by atoms with Crippen LogP contribution < -0.4 is 5.32 Å². The van der Waals surface area contributed by atoms with Crippen LogP contribution in [0.5, 0.6) is 0 Å². The summed E-state index contributed by atoms with van der Waals surface area (Å²) in [6, 6.07) is 21.2. The van der Waals surface area contributed by atoms with Crippen LogP contribution in [0.2, 0.25) is 0 Å². The average molecular weight is 281 g/mol. The molecule has 0 saturated carbocycles. The van der Waals surface area contributed by atoms with Gasteiger partial charge in [-0.25, -0.2) is 0 Å². The van der Waals surface area contributed by atoms with Crippen LogP contribution in [0.1, 0.15) is 30.1 Å². The first-order chi connectivity index (χ1) is 10.4. The van der Waals surface area contributed by atoms with Gasteiger partial charge in [-0.1, -0.05) is 60.7 Å². The van der Waals surface area contributed by atoms with Crippen LogP contribution >= 0.6 is 0 Å². The normalized spacial score (nSPS) is 17.5. The summed E-state index contributed by atoms with van der Waals surface area (Å²) in [6.45, 7) is 2.13. The molecule has 1 aliphatic rings. The van der Waals surface area contributed by atoms with E-state index in [1.807, 2.05) is 0 Å². The van der Waals surface area contributed by atoms with Gasteiger partial charge in [0.05, 0.1) is 12.2 Å². The molecule has 3 rings (SSSR count). The van der Waals surface area contributed by atoms with Crippen molar-refractivity contribution in [1.29, 1.82) is 0 Å². The standard InChI is InChI=1S/C19H23NO/c1-3-7-16(8-4-1)15-19(17-9-5-2-6-10-17)21-18-11-13-20-14-12-18/h1-10,18-20H,11-15H2. The maximum atomic E-state index is 6.44. The molecule has 0 bridgehead atoms. The van der Waals surface area contributed by atoms with E-state index in [1.54, 1.807) is 0 Å². The topological polar surface area (TPSA) is 21.3 Å². The number of hydrogen-bond acceptors (Lipinski definition) is 2. The van der Waals surface area contributed by atoms with Crippen molar-refractivity contribution in [2.24, 2.45) is 0 Å². The Morgan fingerprint density at radius 3 is 2.19 bits per heavy atom. The molecule has 1 saturated heterocycles. The van der Waals surface area contributed by atoms with E-state index in [0.717, 1.165) is 32.4 Å². The van der Waals surface area contributed by atoms with Crippen molar-refractivity contribution in [1.82, 2.24) is 5.32 Å². The van der Waals surface area contributed by atoms with E-state index >= 15 is 0 Å². The Balaban J connectivity index is 1.74. The van der Waals surface area contributed by atoms with Gasteiger partial charge in [0, 0.05) is 6.42 Å². The third-order valence-electron chi connectivity index (χ3n) is 4.08. The molecule has 21 heavy (non-hydrogen) atoms. The van der Waals surface area contributed by atoms with Gasteiger partial charge in [0.15, 0.2) is 0 Å². The van der Waals surface area contributed by atoms with E-state index in [-0.39, 0.29) is 6.10 Å². The summed E-state index contributed by atoms with van der Waals surface area (Å²) in [5.41, 5.74) is 2.61. The molecule has 0 amide bonds. The summed E-state index contributed by atoms with van der Waals surface area (Å²) in [6.07, 6.45) is 3.68. The smallest absolute Gasteiger partial charge is 0.0869 e. The van der Waals surface area contributed by atoms with E-state index in [0.29, 0.717) is 6.10 Å². The fourth-order valence-corrected chi connectivity index (χ4v) is 2.90. The molecule has 2 aromatic rings. The van der Waals surface area contributed by atoms with E-state index in [2.05, 4.69) is 66.0 Å². The van der Waals surface area contributed by atoms with E-state index in [9.17, 15) is 0 Å². The Bertz CT molecular complexity index is 520. The molecule has 0 aromatic heterocycles. The third kappa shape index (κ3) is 4.16. The highest BCUT2D eigenvalue weighted by molar-refractivity contribution is 5.22. The molecule has 1 N–H and O–H groups in total. The zero-order chi connectivity index (χ0) is 14.3. The molecule has 0 aliphatic carbocycles. The maximum absolute atomic E-state index is 6.44. The first-order valence-electron chi connectivity index (χ1n) is 7.87. The fourth-order valence-electron chi connectivity index (χ4n) is 2.90. The van der Waals surface area contributed by atoms with Gasteiger partial charge < -0.3 is 10.1 Å². The summed E-state index contributed by atoms with van der Waals surface area (Å²) in [5.74, 6) is 0. The van der Waals surface area contributed by atoms with Crippen molar-refractivity contribution in [2.45, 2.75) is 31.5 Å². The molecule has 1 aliphatic heterocycles. The summed E-state index contributed by atoms with van der Waals surface area (Å²) in [7, 11) is 0. The predicted octanol–water partition coefficient (Wildman–Crippen LogP) is 3.74. The highest BCUT2D eigenvalue weighted by Crippen LogP contribution is 2.26. The Hall–Kier alpha value is -1.64. The molecular weight excluding hydrogens is 258 g/mol. The number of hydrogen-bond donors (Lipinski definition) is 1. The quantitative estimate of drug-likeness (QED) is 0.901. The lowest BCUT2D eigenvalue weighted by molar-refractivity contribution is -0.0277. The van der Waals surface area contributed by atoms with Gasteiger partial charge in [0.1, 0.15) is 0 Å². The van der Waals surface area contributed by atoms with Crippen LogP contribution in [0.4, 0.5) is 0 Å². The van der Waals surface area contributed by atoms with Gasteiger partial charge in [0.2, 0.25) is 0 Å². The van der Waals surface area contributed by atoms with Crippen molar-refractivity contribution in [3.8, 4) is 0 Å². The maximum Gasteiger partial charge on any atom is 0.0869 e. The summed E-state index contributed by atoms with van der Waals surface area (Å²) in [4.78, 5) is 0. The van der Waals surface area contributed by atoms with Crippen molar-refractivity contribution >= 4 is 0 Å². The molecule has 2 heteroatoms. The van der Waals surface area contributed by atoms with Gasteiger partial charge in [-0.05, 0) is 37.1 Å². The van der Waals surface area contributed by atoms with E-state index in [1.165, 1.54) is 11.1 Å². The zero-order valence-electron chi connectivity index (χ0n) is 12.4. The van der Waals surface area contributed by atoms with Crippen LogP contribution in [0.15, 0.2) is 60.7 Å². The Morgan fingerprint density at radius 1 is 0.905 bits per heavy atom. The van der Waals surface area contributed by atoms with E-state index in [4.69, 9.17) is 4.74 Å². The molecule has 1 heterocycles. The summed E-state index contributed by atoms with van der Waals surface area (Å²) in [5, 5.41) is 3.40. The minimum absolute atomic E-state index is 0.150. The SMILES string of the molecule is c1ccc(CC(OC2CCNCC2)c2ccccc2)cc1. The van der Waals surface area contributed by atoms with Crippen molar-refractivity contribution < 1.29 is 4.74 Å². The Labute approximate surface area is 127 Å². The predicted molar refractivity (Wildman–Crippen MR) is 86.3 cm³/mol. The molecule has 1 unspecified atom stereocenters. The molecule has 0 radical (unpaired) electrons. The minimum Gasteiger partial charge on any atom is -0.370 e. The van der Waals surface area contributed by atoms with Gasteiger partial charge in [0.25, 0.3) is 0 Å². The molecule has 2 aromatic carbocycles. The first-order valence-corrected chi connectivity index (χ1v) is 7.87. The lowest BCUT2D eigenvalue weighted by Crippen LogP contribution is -2.33. The van der Waals surface area contributed by atoms with Gasteiger partial charge >= 0.3 is 0 Å². The lowest BCUT2D eigenvalue weighted by atomic mass is 10.0. The van der Waals surface area contributed by atoms with Crippen molar-refractivity contribution in [2.75, 3.05) is 13.1 Å². The number of piperidine rings is 1.